The normalized spacial score (nSPS) is 19.3. The molecule has 0 bridgehead atoms. The van der Waals surface area contributed by atoms with E-state index < -0.39 is 0 Å². The number of rotatable bonds is 2. The Bertz CT molecular complexity index is 580. The average molecular weight is 292 g/mol. The van der Waals surface area contributed by atoms with Crippen LogP contribution in [-0.4, -0.2) is 35.0 Å². The molecular weight excluding hydrogens is 268 g/mol. The average Bonchev–Trinajstić information content (AvgIpc) is 2.37. The summed E-state index contributed by atoms with van der Waals surface area (Å²) in [5, 5.41) is 6.15. The lowest BCUT2D eigenvalue weighted by atomic mass is 9.95. The van der Waals surface area contributed by atoms with E-state index in [0.29, 0.717) is 11.5 Å². The molecule has 1 aliphatic rings. The van der Waals surface area contributed by atoms with Gasteiger partial charge < -0.3 is 15.6 Å². The minimum atomic E-state index is -0.367. The zero-order chi connectivity index (χ0) is 15.6. The van der Waals surface area contributed by atoms with Gasteiger partial charge in [0.25, 0.3) is 11.5 Å². The van der Waals surface area contributed by atoms with E-state index in [-0.39, 0.29) is 28.5 Å². The number of nitrogens with one attached hydrogen (secondary N) is 3. The number of H-pyrrole nitrogens is 1. The van der Waals surface area contributed by atoms with Crippen molar-refractivity contribution in [1.29, 1.82) is 0 Å². The molecule has 0 unspecified atom stereocenters. The number of nitrogens with zero attached hydrogens (tertiary/aromatic N) is 1. The lowest BCUT2D eigenvalue weighted by Crippen LogP contribution is -2.47. The van der Waals surface area contributed by atoms with Crippen LogP contribution in [0.1, 0.15) is 55.5 Å². The number of aromatic nitrogens is 2. The minimum Gasteiger partial charge on any atom is -0.348 e. The van der Waals surface area contributed by atoms with Crippen LogP contribution in [0, 0.1) is 6.92 Å². The molecule has 0 aliphatic carbocycles. The first-order chi connectivity index (χ1) is 9.79. The number of piperidine rings is 1. The highest BCUT2D eigenvalue weighted by molar-refractivity contribution is 5.95. The number of hydrogen-bond donors (Lipinski definition) is 3. The molecule has 0 aromatic carbocycles. The summed E-state index contributed by atoms with van der Waals surface area (Å²) >= 11 is 0. The number of aryl methyl sites for hydroxylation is 1. The number of carbonyl (C=O) groups excluding carboxylic acids is 1. The lowest BCUT2D eigenvalue weighted by Gasteiger charge is -2.24. The van der Waals surface area contributed by atoms with Gasteiger partial charge in [-0.25, -0.2) is 4.98 Å². The summed E-state index contributed by atoms with van der Waals surface area (Å²) in [5.41, 5.74) is -0.0288. The molecule has 0 spiro atoms. The van der Waals surface area contributed by atoms with Gasteiger partial charge in [-0.15, -0.1) is 0 Å². The van der Waals surface area contributed by atoms with Crippen LogP contribution in [0.2, 0.25) is 0 Å². The second kappa shape index (κ2) is 5.97. The maximum Gasteiger partial charge on any atom is 0.264 e. The summed E-state index contributed by atoms with van der Waals surface area (Å²) < 4.78 is 0. The van der Waals surface area contributed by atoms with Gasteiger partial charge in [0.15, 0.2) is 0 Å². The van der Waals surface area contributed by atoms with Gasteiger partial charge in [-0.2, -0.15) is 0 Å². The molecule has 6 heteroatoms. The Hall–Kier alpha value is -1.69. The van der Waals surface area contributed by atoms with Crippen LogP contribution in [0.25, 0.3) is 0 Å². The van der Waals surface area contributed by atoms with E-state index in [1.165, 1.54) is 0 Å². The summed E-state index contributed by atoms with van der Waals surface area (Å²) in [6, 6.07) is 0.0762. The second-order valence-electron chi connectivity index (χ2n) is 6.64. The molecule has 0 radical (unpaired) electrons. The predicted molar refractivity (Wildman–Crippen MR) is 81.7 cm³/mol. The Morgan fingerprint density at radius 2 is 2.10 bits per heavy atom. The van der Waals surface area contributed by atoms with Crippen molar-refractivity contribution in [2.45, 2.75) is 52.0 Å². The highest BCUT2D eigenvalue weighted by Crippen LogP contribution is 2.17. The summed E-state index contributed by atoms with van der Waals surface area (Å²) in [6.07, 6.45) is 1.96. The Kier molecular flexibility index (Phi) is 4.46. The third-order valence-corrected chi connectivity index (χ3v) is 3.67. The Morgan fingerprint density at radius 3 is 2.62 bits per heavy atom. The van der Waals surface area contributed by atoms with Gasteiger partial charge in [0.2, 0.25) is 0 Å². The number of aromatic amines is 1. The molecule has 116 valence electrons. The highest BCUT2D eigenvalue weighted by Gasteiger charge is 2.24. The molecule has 2 rings (SSSR count). The van der Waals surface area contributed by atoms with E-state index >= 15 is 0 Å². The molecule has 21 heavy (non-hydrogen) atoms. The first kappa shape index (κ1) is 15.7. The molecule has 1 saturated heterocycles. The quantitative estimate of drug-likeness (QED) is 0.754. The van der Waals surface area contributed by atoms with E-state index in [0.717, 1.165) is 25.9 Å². The molecule has 1 aromatic rings. The van der Waals surface area contributed by atoms with Gasteiger partial charge in [-0.05, 0) is 26.3 Å². The number of carbonyl (C=O) groups is 1. The highest BCUT2D eigenvalue weighted by atomic mass is 16.2. The van der Waals surface area contributed by atoms with Crippen LogP contribution in [0.4, 0.5) is 0 Å². The molecule has 0 saturated carbocycles. The van der Waals surface area contributed by atoms with Crippen molar-refractivity contribution in [3.8, 4) is 0 Å². The number of amides is 1. The smallest absolute Gasteiger partial charge is 0.264 e. The van der Waals surface area contributed by atoms with Crippen LogP contribution in [0.3, 0.4) is 0 Å². The third kappa shape index (κ3) is 3.69. The van der Waals surface area contributed by atoms with Crippen molar-refractivity contribution in [3.05, 3.63) is 27.4 Å². The summed E-state index contributed by atoms with van der Waals surface area (Å²) in [7, 11) is 0. The molecule has 1 amide bonds. The van der Waals surface area contributed by atoms with Crippen molar-refractivity contribution in [2.24, 2.45) is 0 Å². The lowest BCUT2D eigenvalue weighted by molar-refractivity contribution is 0.0927. The summed E-state index contributed by atoms with van der Waals surface area (Å²) in [5.74, 6) is 0.260. The minimum absolute atomic E-state index is 0.0762. The fourth-order valence-electron chi connectivity index (χ4n) is 2.44. The zero-order valence-corrected chi connectivity index (χ0v) is 13.2. The van der Waals surface area contributed by atoms with Crippen molar-refractivity contribution in [2.75, 3.05) is 13.1 Å². The topological polar surface area (TPSA) is 86.9 Å². The molecule has 1 aliphatic heterocycles. The maximum atomic E-state index is 12.3. The Labute approximate surface area is 124 Å². The van der Waals surface area contributed by atoms with Crippen molar-refractivity contribution in [3.63, 3.8) is 0 Å². The first-order valence-electron chi connectivity index (χ1n) is 7.42. The van der Waals surface area contributed by atoms with Gasteiger partial charge in [-0.1, -0.05) is 20.8 Å². The van der Waals surface area contributed by atoms with Gasteiger partial charge >= 0.3 is 0 Å². The second-order valence-corrected chi connectivity index (χ2v) is 6.64. The SMILES string of the molecule is Cc1nc(C(C)(C)C)[nH]c(=O)c1C(=O)N[C@H]1CCCNC1. The van der Waals surface area contributed by atoms with Gasteiger partial charge in [0.05, 0.1) is 5.69 Å². The van der Waals surface area contributed by atoms with Crippen LogP contribution in [0.15, 0.2) is 4.79 Å². The molecular formula is C15H24N4O2. The van der Waals surface area contributed by atoms with Crippen molar-refractivity contribution >= 4 is 5.91 Å². The molecule has 3 N–H and O–H groups in total. The zero-order valence-electron chi connectivity index (χ0n) is 13.2. The van der Waals surface area contributed by atoms with Gasteiger partial charge in [-0.3, -0.25) is 9.59 Å². The molecule has 1 aromatic heterocycles. The first-order valence-corrected chi connectivity index (χ1v) is 7.42. The number of hydrogen-bond acceptors (Lipinski definition) is 4. The molecule has 2 heterocycles. The van der Waals surface area contributed by atoms with E-state index in [9.17, 15) is 9.59 Å². The molecule has 1 atom stereocenters. The van der Waals surface area contributed by atoms with E-state index in [1.54, 1.807) is 6.92 Å². The van der Waals surface area contributed by atoms with Crippen LogP contribution in [-0.2, 0) is 5.41 Å². The molecule has 6 nitrogen and oxygen atoms in total. The third-order valence-electron chi connectivity index (χ3n) is 3.67. The van der Waals surface area contributed by atoms with Crippen molar-refractivity contribution in [1.82, 2.24) is 20.6 Å². The molecule has 1 fully saturated rings. The Balaban J connectivity index is 2.23. The fraction of sp³-hybridized carbons (Fsp3) is 0.667. The summed E-state index contributed by atoms with van der Waals surface area (Å²) in [6.45, 7) is 9.34. The maximum absolute atomic E-state index is 12.3. The van der Waals surface area contributed by atoms with E-state index in [2.05, 4.69) is 20.6 Å². The summed E-state index contributed by atoms with van der Waals surface area (Å²) in [4.78, 5) is 31.7. The largest absolute Gasteiger partial charge is 0.348 e. The van der Waals surface area contributed by atoms with Crippen LogP contribution in [0.5, 0.6) is 0 Å². The fourth-order valence-corrected chi connectivity index (χ4v) is 2.44. The van der Waals surface area contributed by atoms with Crippen LogP contribution >= 0.6 is 0 Å². The van der Waals surface area contributed by atoms with Crippen molar-refractivity contribution < 1.29 is 4.79 Å². The van der Waals surface area contributed by atoms with Gasteiger partial charge in [0.1, 0.15) is 11.4 Å². The van der Waals surface area contributed by atoms with E-state index in [4.69, 9.17) is 0 Å². The van der Waals surface area contributed by atoms with Gasteiger partial charge in [0, 0.05) is 18.0 Å². The predicted octanol–water partition coefficient (Wildman–Crippen LogP) is 0.858. The van der Waals surface area contributed by atoms with E-state index in [1.807, 2.05) is 20.8 Å². The standard InChI is InChI=1S/C15H24N4O2/c1-9-11(12(20)18-10-6-5-7-16-8-10)13(21)19-14(17-9)15(2,3)4/h10,16H,5-8H2,1-4H3,(H,18,20)(H,17,19,21)/t10-/m0/s1. The van der Waals surface area contributed by atoms with Crippen LogP contribution < -0.4 is 16.2 Å². The monoisotopic (exact) mass is 292 g/mol. The Morgan fingerprint density at radius 1 is 1.38 bits per heavy atom.